The van der Waals surface area contributed by atoms with E-state index >= 15 is 0 Å². The number of carbonyl (C=O) groups excluding carboxylic acids is 1. The molecule has 6 heteroatoms. The Bertz CT molecular complexity index is 710. The van der Waals surface area contributed by atoms with Gasteiger partial charge in [0.15, 0.2) is 0 Å². The Hall–Kier alpha value is -1.69. The lowest BCUT2D eigenvalue weighted by Gasteiger charge is -2.20. The quantitative estimate of drug-likeness (QED) is 0.933. The third kappa shape index (κ3) is 2.60. The highest BCUT2D eigenvalue weighted by atomic mass is 32.1. The van der Waals surface area contributed by atoms with E-state index in [1.807, 2.05) is 6.92 Å². The van der Waals surface area contributed by atoms with Crippen LogP contribution in [0.4, 0.5) is 5.82 Å². The van der Waals surface area contributed by atoms with Gasteiger partial charge in [-0.2, -0.15) is 0 Å². The molecule has 3 rings (SSSR count). The molecule has 0 unspecified atom stereocenters. The fourth-order valence-electron chi connectivity index (χ4n) is 2.82. The third-order valence-electron chi connectivity index (χ3n) is 3.97. The summed E-state index contributed by atoms with van der Waals surface area (Å²) in [5.74, 6) is 0.846. The number of fused-ring (bicyclic) bond motifs is 3. The summed E-state index contributed by atoms with van der Waals surface area (Å²) < 4.78 is 0. The van der Waals surface area contributed by atoms with Gasteiger partial charge >= 0.3 is 0 Å². The van der Waals surface area contributed by atoms with E-state index in [-0.39, 0.29) is 0 Å². The lowest BCUT2D eigenvalue weighted by Crippen LogP contribution is -2.38. The van der Waals surface area contributed by atoms with Crippen LogP contribution in [0, 0.1) is 12.8 Å². The van der Waals surface area contributed by atoms with Crippen LogP contribution in [0.15, 0.2) is 0 Å². The Labute approximate surface area is 127 Å². The number of rotatable bonds is 3. The average Bonchev–Trinajstić information content (AvgIpc) is 2.75. The molecule has 1 aliphatic rings. The van der Waals surface area contributed by atoms with Gasteiger partial charge in [0.05, 0.1) is 17.4 Å². The summed E-state index contributed by atoms with van der Waals surface area (Å²) in [6, 6.07) is -0.777. The van der Waals surface area contributed by atoms with Gasteiger partial charge in [0.1, 0.15) is 16.5 Å². The van der Waals surface area contributed by atoms with Gasteiger partial charge in [0, 0.05) is 4.88 Å². The first-order chi connectivity index (χ1) is 9.95. The van der Waals surface area contributed by atoms with Gasteiger partial charge in [-0.3, -0.25) is 0 Å². The van der Waals surface area contributed by atoms with Crippen molar-refractivity contribution < 1.29 is 9.90 Å². The SMILES string of the molecule is Cc1nc(N[C@H](C)C(=O)[O-])c2c3c(sc2n1)C[C@H](C)CC3. The molecule has 0 aromatic carbocycles. The Morgan fingerprint density at radius 2 is 2.24 bits per heavy atom. The van der Waals surface area contributed by atoms with Crippen LogP contribution < -0.4 is 10.4 Å². The molecule has 21 heavy (non-hydrogen) atoms. The maximum absolute atomic E-state index is 11.0. The number of aryl methyl sites for hydroxylation is 2. The molecule has 0 radical (unpaired) electrons. The predicted molar refractivity (Wildman–Crippen MR) is 81.4 cm³/mol. The predicted octanol–water partition coefficient (Wildman–Crippen LogP) is 1.67. The van der Waals surface area contributed by atoms with Crippen LogP contribution in [0.1, 0.15) is 36.5 Å². The van der Waals surface area contributed by atoms with Crippen molar-refractivity contribution in [2.45, 2.75) is 46.1 Å². The molecule has 5 nitrogen and oxygen atoms in total. The molecule has 0 amide bonds. The van der Waals surface area contributed by atoms with E-state index in [4.69, 9.17) is 0 Å². The topological polar surface area (TPSA) is 77.9 Å². The van der Waals surface area contributed by atoms with Crippen LogP contribution in [0.3, 0.4) is 0 Å². The Balaban J connectivity index is 2.12. The molecule has 2 heterocycles. The van der Waals surface area contributed by atoms with E-state index in [0.29, 0.717) is 17.6 Å². The molecule has 0 spiro atoms. The molecule has 1 aliphatic carbocycles. The van der Waals surface area contributed by atoms with Crippen LogP contribution >= 0.6 is 11.3 Å². The number of thiophene rings is 1. The number of carbonyl (C=O) groups is 1. The van der Waals surface area contributed by atoms with Crippen LogP contribution in [-0.4, -0.2) is 22.0 Å². The minimum atomic E-state index is -1.13. The minimum Gasteiger partial charge on any atom is -0.548 e. The van der Waals surface area contributed by atoms with Gasteiger partial charge in [-0.1, -0.05) is 6.92 Å². The number of hydrogen-bond donors (Lipinski definition) is 1. The number of carboxylic acid groups (broad SMARTS) is 1. The standard InChI is InChI=1S/C15H19N3O2S/c1-7-4-5-10-11(6-7)21-14-12(10)13(17-9(3)18-14)16-8(2)15(19)20/h7-8H,4-6H2,1-3H3,(H,19,20)(H,16,17,18)/p-1/t7-,8-/m1/s1. The number of nitrogens with one attached hydrogen (secondary N) is 1. The summed E-state index contributed by atoms with van der Waals surface area (Å²) in [5.41, 5.74) is 1.29. The molecule has 0 aliphatic heterocycles. The van der Waals surface area contributed by atoms with Crippen molar-refractivity contribution in [1.82, 2.24) is 9.97 Å². The second-order valence-electron chi connectivity index (χ2n) is 5.84. The van der Waals surface area contributed by atoms with Crippen molar-refractivity contribution in [2.75, 3.05) is 5.32 Å². The van der Waals surface area contributed by atoms with Crippen molar-refractivity contribution >= 4 is 33.3 Å². The highest BCUT2D eigenvalue weighted by Crippen LogP contribution is 2.40. The molecule has 2 aromatic rings. The molecule has 2 atom stereocenters. The van der Waals surface area contributed by atoms with Gasteiger partial charge in [-0.05, 0) is 44.6 Å². The zero-order valence-electron chi connectivity index (χ0n) is 12.4. The number of hydrogen-bond acceptors (Lipinski definition) is 6. The lowest BCUT2D eigenvalue weighted by atomic mass is 9.89. The molecule has 0 fully saturated rings. The monoisotopic (exact) mass is 304 g/mol. The van der Waals surface area contributed by atoms with Gasteiger partial charge < -0.3 is 15.2 Å². The van der Waals surface area contributed by atoms with Crippen molar-refractivity contribution in [3.8, 4) is 0 Å². The smallest absolute Gasteiger partial charge is 0.139 e. The Kier molecular flexibility index (Phi) is 3.57. The maximum Gasteiger partial charge on any atom is 0.139 e. The number of aromatic nitrogens is 2. The third-order valence-corrected chi connectivity index (χ3v) is 5.12. The van der Waals surface area contributed by atoms with Crippen LogP contribution in [0.2, 0.25) is 0 Å². The summed E-state index contributed by atoms with van der Waals surface area (Å²) in [6.45, 7) is 5.66. The Morgan fingerprint density at radius 1 is 1.48 bits per heavy atom. The molecule has 2 aromatic heterocycles. The maximum atomic E-state index is 11.0. The summed E-state index contributed by atoms with van der Waals surface area (Å²) in [7, 11) is 0. The molecule has 1 N–H and O–H groups in total. The number of anilines is 1. The first-order valence-electron chi connectivity index (χ1n) is 7.22. The molecular formula is C15H18N3O2S-. The zero-order chi connectivity index (χ0) is 15.1. The van der Waals surface area contributed by atoms with E-state index in [2.05, 4.69) is 22.2 Å². The molecule has 0 saturated heterocycles. The van der Waals surface area contributed by atoms with E-state index in [1.165, 1.54) is 10.4 Å². The van der Waals surface area contributed by atoms with Crippen LogP contribution in [-0.2, 0) is 17.6 Å². The normalized spacial score (nSPS) is 19.3. The van der Waals surface area contributed by atoms with E-state index in [0.717, 1.165) is 29.5 Å². The second-order valence-corrected chi connectivity index (χ2v) is 6.92. The molecular weight excluding hydrogens is 286 g/mol. The van der Waals surface area contributed by atoms with Gasteiger partial charge in [0.2, 0.25) is 0 Å². The van der Waals surface area contributed by atoms with Crippen molar-refractivity contribution in [3.05, 3.63) is 16.3 Å². The Morgan fingerprint density at radius 3 is 2.95 bits per heavy atom. The van der Waals surface area contributed by atoms with E-state index in [9.17, 15) is 9.90 Å². The summed E-state index contributed by atoms with van der Waals surface area (Å²) in [5, 5.41) is 14.9. The van der Waals surface area contributed by atoms with Crippen LogP contribution in [0.5, 0.6) is 0 Å². The summed E-state index contributed by atoms with van der Waals surface area (Å²) in [6.07, 6.45) is 3.24. The van der Waals surface area contributed by atoms with Crippen LogP contribution in [0.25, 0.3) is 10.2 Å². The minimum absolute atomic E-state index is 0.626. The zero-order valence-corrected chi connectivity index (χ0v) is 13.2. The lowest BCUT2D eigenvalue weighted by molar-refractivity contribution is -0.306. The number of nitrogens with zero attached hydrogens (tertiary/aromatic N) is 2. The average molecular weight is 304 g/mol. The second kappa shape index (κ2) is 5.26. The molecule has 0 bridgehead atoms. The molecule has 112 valence electrons. The molecule has 0 saturated carbocycles. The van der Waals surface area contributed by atoms with E-state index in [1.54, 1.807) is 18.3 Å². The summed E-state index contributed by atoms with van der Waals surface area (Å²) >= 11 is 1.71. The van der Waals surface area contributed by atoms with Crippen molar-refractivity contribution in [3.63, 3.8) is 0 Å². The van der Waals surface area contributed by atoms with Crippen molar-refractivity contribution in [2.24, 2.45) is 5.92 Å². The fraction of sp³-hybridized carbons (Fsp3) is 0.533. The first kappa shape index (κ1) is 14.3. The van der Waals surface area contributed by atoms with Gasteiger partial charge in [-0.25, -0.2) is 9.97 Å². The van der Waals surface area contributed by atoms with Gasteiger partial charge in [0.25, 0.3) is 0 Å². The van der Waals surface area contributed by atoms with Crippen molar-refractivity contribution in [1.29, 1.82) is 0 Å². The largest absolute Gasteiger partial charge is 0.548 e. The number of aliphatic carboxylic acids is 1. The first-order valence-corrected chi connectivity index (χ1v) is 8.03. The summed E-state index contributed by atoms with van der Waals surface area (Å²) in [4.78, 5) is 22.2. The fourth-order valence-corrected chi connectivity index (χ4v) is 4.25. The highest BCUT2D eigenvalue weighted by molar-refractivity contribution is 7.19. The van der Waals surface area contributed by atoms with Gasteiger partial charge in [-0.15, -0.1) is 11.3 Å². The highest BCUT2D eigenvalue weighted by Gasteiger charge is 2.24. The van der Waals surface area contributed by atoms with E-state index < -0.39 is 12.0 Å². The number of carboxylic acids is 1.